The van der Waals surface area contributed by atoms with E-state index in [4.69, 9.17) is 5.73 Å². The summed E-state index contributed by atoms with van der Waals surface area (Å²) in [6, 6.07) is 0. The molecule has 0 aromatic carbocycles. The third-order valence-corrected chi connectivity index (χ3v) is 1.22. The zero-order chi connectivity index (χ0) is 8.69. The SMILES string of the molecule is C=C/C=C\C/C=C(\C)C(N)=O. The van der Waals surface area contributed by atoms with Gasteiger partial charge in [0.05, 0.1) is 0 Å². The summed E-state index contributed by atoms with van der Waals surface area (Å²) in [6.45, 7) is 5.21. The minimum atomic E-state index is -0.364. The number of amides is 1. The highest BCUT2D eigenvalue weighted by atomic mass is 16.1. The average molecular weight is 151 g/mol. The minimum Gasteiger partial charge on any atom is -0.366 e. The fourth-order valence-electron chi connectivity index (χ4n) is 0.520. The third kappa shape index (κ3) is 5.15. The summed E-state index contributed by atoms with van der Waals surface area (Å²) >= 11 is 0. The van der Waals surface area contributed by atoms with Crippen molar-refractivity contribution in [2.24, 2.45) is 5.73 Å². The van der Waals surface area contributed by atoms with Crippen LogP contribution in [0.5, 0.6) is 0 Å². The number of hydrogen-bond donors (Lipinski definition) is 1. The molecular formula is C9H13NO. The summed E-state index contributed by atoms with van der Waals surface area (Å²) in [5, 5.41) is 0. The van der Waals surface area contributed by atoms with Gasteiger partial charge in [-0.1, -0.05) is 30.9 Å². The number of nitrogens with two attached hydrogens (primary N) is 1. The summed E-state index contributed by atoms with van der Waals surface area (Å²) in [5.74, 6) is -0.364. The highest BCUT2D eigenvalue weighted by Crippen LogP contribution is 1.94. The molecule has 0 unspecified atom stereocenters. The van der Waals surface area contributed by atoms with Crippen LogP contribution in [0.3, 0.4) is 0 Å². The molecule has 60 valence electrons. The molecule has 0 aliphatic heterocycles. The van der Waals surface area contributed by atoms with E-state index in [1.165, 1.54) is 0 Å². The van der Waals surface area contributed by atoms with Gasteiger partial charge in [-0.3, -0.25) is 4.79 Å². The van der Waals surface area contributed by atoms with Gasteiger partial charge in [0.15, 0.2) is 0 Å². The van der Waals surface area contributed by atoms with Crippen molar-refractivity contribution in [1.29, 1.82) is 0 Å². The minimum absolute atomic E-state index is 0.364. The highest BCUT2D eigenvalue weighted by Gasteiger charge is 1.92. The Morgan fingerprint density at radius 1 is 1.64 bits per heavy atom. The molecule has 0 saturated heterocycles. The standard InChI is InChI=1S/C9H13NO/c1-3-4-5-6-7-8(2)9(10)11/h3-5,7H,1,6H2,2H3,(H2,10,11)/b5-4-,8-7+. The van der Waals surface area contributed by atoms with E-state index in [0.29, 0.717) is 5.57 Å². The van der Waals surface area contributed by atoms with Crippen LogP contribution >= 0.6 is 0 Å². The third-order valence-electron chi connectivity index (χ3n) is 1.22. The quantitative estimate of drug-likeness (QED) is 0.480. The Balaban J connectivity index is 3.83. The van der Waals surface area contributed by atoms with Gasteiger partial charge in [0, 0.05) is 5.57 Å². The van der Waals surface area contributed by atoms with Crippen molar-refractivity contribution in [3.05, 3.63) is 36.5 Å². The predicted octanol–water partition coefficient (Wildman–Crippen LogP) is 1.55. The lowest BCUT2D eigenvalue weighted by Gasteiger charge is -1.89. The normalized spacial score (nSPS) is 11.9. The maximum absolute atomic E-state index is 10.5. The monoisotopic (exact) mass is 151 g/mol. The van der Waals surface area contributed by atoms with Gasteiger partial charge < -0.3 is 5.73 Å². The van der Waals surface area contributed by atoms with Crippen molar-refractivity contribution in [2.45, 2.75) is 13.3 Å². The molecule has 11 heavy (non-hydrogen) atoms. The number of hydrogen-bond acceptors (Lipinski definition) is 1. The summed E-state index contributed by atoms with van der Waals surface area (Å²) in [4.78, 5) is 10.5. The van der Waals surface area contributed by atoms with Crippen LogP contribution in [0.4, 0.5) is 0 Å². The first kappa shape index (κ1) is 9.69. The summed E-state index contributed by atoms with van der Waals surface area (Å²) in [6.07, 6.45) is 7.92. The molecule has 2 N–H and O–H groups in total. The Morgan fingerprint density at radius 3 is 2.73 bits per heavy atom. The number of rotatable bonds is 4. The summed E-state index contributed by atoms with van der Waals surface area (Å²) < 4.78 is 0. The molecule has 0 aliphatic rings. The van der Waals surface area contributed by atoms with E-state index in [2.05, 4.69) is 6.58 Å². The van der Waals surface area contributed by atoms with Gasteiger partial charge in [-0.2, -0.15) is 0 Å². The molecule has 2 nitrogen and oxygen atoms in total. The Kier molecular flexibility index (Phi) is 4.82. The van der Waals surface area contributed by atoms with Gasteiger partial charge in [-0.05, 0) is 13.3 Å². The zero-order valence-electron chi connectivity index (χ0n) is 6.71. The van der Waals surface area contributed by atoms with Gasteiger partial charge >= 0.3 is 0 Å². The fourth-order valence-corrected chi connectivity index (χ4v) is 0.520. The molecule has 0 spiro atoms. The molecular weight excluding hydrogens is 138 g/mol. The molecule has 0 aromatic heterocycles. The Labute approximate surface area is 67.1 Å². The Hall–Kier alpha value is -1.31. The predicted molar refractivity (Wildman–Crippen MR) is 46.9 cm³/mol. The lowest BCUT2D eigenvalue weighted by Crippen LogP contribution is -2.11. The van der Waals surface area contributed by atoms with Crippen molar-refractivity contribution in [3.8, 4) is 0 Å². The molecule has 0 atom stereocenters. The second-order valence-electron chi connectivity index (χ2n) is 2.15. The second kappa shape index (κ2) is 5.47. The first-order valence-corrected chi connectivity index (χ1v) is 3.42. The summed E-state index contributed by atoms with van der Waals surface area (Å²) in [5.41, 5.74) is 5.60. The molecule has 0 bridgehead atoms. The van der Waals surface area contributed by atoms with Crippen LogP contribution in [-0.4, -0.2) is 5.91 Å². The molecule has 0 radical (unpaired) electrons. The van der Waals surface area contributed by atoms with Gasteiger partial charge in [0.1, 0.15) is 0 Å². The molecule has 0 heterocycles. The first-order chi connectivity index (χ1) is 5.18. The number of carbonyl (C=O) groups is 1. The van der Waals surface area contributed by atoms with Crippen molar-refractivity contribution < 1.29 is 4.79 Å². The van der Waals surface area contributed by atoms with E-state index in [-0.39, 0.29) is 5.91 Å². The lowest BCUT2D eigenvalue weighted by atomic mass is 10.2. The van der Waals surface area contributed by atoms with E-state index in [9.17, 15) is 4.79 Å². The van der Waals surface area contributed by atoms with Crippen LogP contribution in [0.1, 0.15) is 13.3 Å². The summed E-state index contributed by atoms with van der Waals surface area (Å²) in [7, 11) is 0. The highest BCUT2D eigenvalue weighted by molar-refractivity contribution is 5.91. The maximum atomic E-state index is 10.5. The number of primary amides is 1. The molecule has 1 amide bonds. The molecule has 0 rings (SSSR count). The molecule has 0 saturated carbocycles. The van der Waals surface area contributed by atoms with Gasteiger partial charge in [-0.25, -0.2) is 0 Å². The van der Waals surface area contributed by atoms with Crippen molar-refractivity contribution in [1.82, 2.24) is 0 Å². The fraction of sp³-hybridized carbons (Fsp3) is 0.222. The van der Waals surface area contributed by atoms with E-state index < -0.39 is 0 Å². The maximum Gasteiger partial charge on any atom is 0.244 e. The smallest absolute Gasteiger partial charge is 0.244 e. The van der Waals surface area contributed by atoms with Crippen molar-refractivity contribution in [2.75, 3.05) is 0 Å². The average Bonchev–Trinajstić information content (AvgIpc) is 1.97. The van der Waals surface area contributed by atoms with E-state index in [1.54, 1.807) is 19.1 Å². The Morgan fingerprint density at radius 2 is 2.27 bits per heavy atom. The largest absolute Gasteiger partial charge is 0.366 e. The second-order valence-corrected chi connectivity index (χ2v) is 2.15. The van der Waals surface area contributed by atoms with Crippen LogP contribution in [-0.2, 0) is 4.79 Å². The lowest BCUT2D eigenvalue weighted by molar-refractivity contribution is -0.114. The van der Waals surface area contributed by atoms with Crippen molar-refractivity contribution in [3.63, 3.8) is 0 Å². The van der Waals surface area contributed by atoms with Gasteiger partial charge in [0.25, 0.3) is 0 Å². The van der Waals surface area contributed by atoms with E-state index in [1.807, 2.05) is 12.2 Å². The molecule has 0 aromatic rings. The van der Waals surface area contributed by atoms with Crippen LogP contribution < -0.4 is 5.73 Å². The zero-order valence-corrected chi connectivity index (χ0v) is 6.71. The first-order valence-electron chi connectivity index (χ1n) is 3.42. The molecule has 0 fully saturated rings. The molecule has 2 heteroatoms. The van der Waals surface area contributed by atoms with Gasteiger partial charge in [0.2, 0.25) is 5.91 Å². The van der Waals surface area contributed by atoms with E-state index in [0.717, 1.165) is 6.42 Å². The van der Waals surface area contributed by atoms with Crippen LogP contribution in [0.2, 0.25) is 0 Å². The Bertz CT molecular complexity index is 202. The van der Waals surface area contributed by atoms with E-state index >= 15 is 0 Å². The van der Waals surface area contributed by atoms with Crippen LogP contribution in [0.25, 0.3) is 0 Å². The van der Waals surface area contributed by atoms with Crippen LogP contribution in [0.15, 0.2) is 36.5 Å². The van der Waals surface area contributed by atoms with Crippen molar-refractivity contribution >= 4 is 5.91 Å². The number of carbonyl (C=O) groups excluding carboxylic acids is 1. The molecule has 0 aliphatic carbocycles. The topological polar surface area (TPSA) is 43.1 Å². The van der Waals surface area contributed by atoms with Crippen LogP contribution in [0, 0.1) is 0 Å². The number of allylic oxidation sites excluding steroid dienone is 4. The van der Waals surface area contributed by atoms with Gasteiger partial charge in [-0.15, -0.1) is 0 Å².